The van der Waals surface area contributed by atoms with E-state index in [0.29, 0.717) is 28.8 Å². The molecule has 1 amide bonds. The van der Waals surface area contributed by atoms with Gasteiger partial charge in [0.05, 0.1) is 12.8 Å². The average molecular weight is 393 g/mol. The normalized spacial score (nSPS) is 11.1. The Labute approximate surface area is 166 Å². The maximum Gasteiger partial charge on any atom is 0.253 e. The molecule has 0 unspecified atom stereocenters. The molecule has 0 aliphatic carbocycles. The zero-order chi connectivity index (χ0) is 19.5. The molecule has 0 saturated carbocycles. The number of furan rings is 1. The lowest BCUT2D eigenvalue weighted by Gasteiger charge is -2.05. The number of nitrogens with one attached hydrogen (secondary N) is 1. The van der Waals surface area contributed by atoms with Crippen LogP contribution in [-0.2, 0) is 12.3 Å². The molecule has 0 bridgehead atoms. The lowest BCUT2D eigenvalue weighted by Crippen LogP contribution is -2.22. The van der Waals surface area contributed by atoms with Crippen molar-refractivity contribution < 1.29 is 9.21 Å². The SMILES string of the molecule is Cc1cc(C)n2nc(SCc3cccc(C(=O)NCc4ccco4)c3)nc2n1. The summed E-state index contributed by atoms with van der Waals surface area (Å²) < 4.78 is 6.98. The molecule has 0 fully saturated rings. The van der Waals surface area contributed by atoms with Gasteiger partial charge in [-0.1, -0.05) is 23.9 Å². The highest BCUT2D eigenvalue weighted by atomic mass is 32.2. The topological polar surface area (TPSA) is 85.3 Å². The van der Waals surface area contributed by atoms with Crippen LogP contribution in [0.15, 0.2) is 58.3 Å². The van der Waals surface area contributed by atoms with Crippen molar-refractivity contribution in [1.82, 2.24) is 24.9 Å². The molecular weight excluding hydrogens is 374 g/mol. The Morgan fingerprint density at radius 1 is 1.18 bits per heavy atom. The molecule has 1 N–H and O–H groups in total. The number of fused-ring (bicyclic) bond motifs is 1. The maximum absolute atomic E-state index is 12.4. The minimum atomic E-state index is -0.135. The van der Waals surface area contributed by atoms with Gasteiger partial charge in [0.25, 0.3) is 11.7 Å². The molecule has 28 heavy (non-hydrogen) atoms. The van der Waals surface area contributed by atoms with E-state index < -0.39 is 0 Å². The highest BCUT2D eigenvalue weighted by molar-refractivity contribution is 7.98. The lowest BCUT2D eigenvalue weighted by molar-refractivity contribution is 0.0948. The summed E-state index contributed by atoms with van der Waals surface area (Å²) in [5, 5.41) is 8.02. The Morgan fingerprint density at radius 2 is 2.07 bits per heavy atom. The van der Waals surface area contributed by atoms with Gasteiger partial charge >= 0.3 is 0 Å². The van der Waals surface area contributed by atoms with Crippen LogP contribution in [0, 0.1) is 13.8 Å². The molecule has 4 rings (SSSR count). The molecule has 0 saturated heterocycles. The largest absolute Gasteiger partial charge is 0.467 e. The third kappa shape index (κ3) is 4.07. The zero-order valence-electron chi connectivity index (χ0n) is 15.5. The van der Waals surface area contributed by atoms with Gasteiger partial charge in [-0.25, -0.2) is 9.50 Å². The van der Waals surface area contributed by atoms with Crippen molar-refractivity contribution in [3.05, 3.63) is 77.0 Å². The van der Waals surface area contributed by atoms with Crippen LogP contribution in [0.5, 0.6) is 0 Å². The first-order valence-corrected chi connectivity index (χ1v) is 9.80. The molecule has 4 aromatic rings. The Kier molecular flexibility index (Phi) is 5.12. The zero-order valence-corrected chi connectivity index (χ0v) is 16.4. The molecule has 3 aromatic heterocycles. The number of rotatable bonds is 6. The number of carbonyl (C=O) groups excluding carboxylic acids is 1. The monoisotopic (exact) mass is 393 g/mol. The van der Waals surface area contributed by atoms with E-state index in [0.717, 1.165) is 22.7 Å². The van der Waals surface area contributed by atoms with Crippen LogP contribution >= 0.6 is 11.8 Å². The summed E-state index contributed by atoms with van der Waals surface area (Å²) in [5.74, 6) is 1.85. The Balaban J connectivity index is 1.42. The fourth-order valence-corrected chi connectivity index (χ4v) is 3.60. The Hall–Kier alpha value is -3.13. The van der Waals surface area contributed by atoms with Crippen molar-refractivity contribution in [2.24, 2.45) is 0 Å². The van der Waals surface area contributed by atoms with Crippen molar-refractivity contribution in [2.45, 2.75) is 31.3 Å². The van der Waals surface area contributed by atoms with E-state index in [1.54, 1.807) is 22.9 Å². The predicted octanol–water partition coefficient (Wildman–Crippen LogP) is 3.56. The van der Waals surface area contributed by atoms with E-state index >= 15 is 0 Å². The van der Waals surface area contributed by atoms with Gasteiger partial charge < -0.3 is 9.73 Å². The van der Waals surface area contributed by atoms with Crippen LogP contribution in [0.25, 0.3) is 5.78 Å². The molecule has 3 heterocycles. The summed E-state index contributed by atoms with van der Waals surface area (Å²) in [5.41, 5.74) is 3.55. The maximum atomic E-state index is 12.4. The molecule has 0 aliphatic rings. The second-order valence-electron chi connectivity index (χ2n) is 6.40. The van der Waals surface area contributed by atoms with Crippen LogP contribution in [0.1, 0.15) is 33.1 Å². The second kappa shape index (κ2) is 7.85. The number of nitrogens with zero attached hydrogens (tertiary/aromatic N) is 4. The summed E-state index contributed by atoms with van der Waals surface area (Å²) in [6, 6.07) is 13.1. The van der Waals surface area contributed by atoms with Gasteiger partial charge in [-0.05, 0) is 49.7 Å². The standard InChI is InChI=1S/C20H19N5O2S/c1-13-9-14(2)25-19(22-13)23-20(24-25)28-12-15-5-3-6-16(10-15)18(26)21-11-17-7-4-8-27-17/h3-10H,11-12H2,1-2H3,(H,21,26). The summed E-state index contributed by atoms with van der Waals surface area (Å²) in [4.78, 5) is 21.2. The van der Waals surface area contributed by atoms with E-state index in [4.69, 9.17) is 4.42 Å². The van der Waals surface area contributed by atoms with E-state index in [1.165, 1.54) is 11.8 Å². The molecular formula is C20H19N5O2S. The number of hydrogen-bond donors (Lipinski definition) is 1. The summed E-state index contributed by atoms with van der Waals surface area (Å²) >= 11 is 1.52. The number of thioether (sulfide) groups is 1. The van der Waals surface area contributed by atoms with E-state index in [1.807, 2.05) is 44.2 Å². The number of hydrogen-bond acceptors (Lipinski definition) is 6. The first kappa shape index (κ1) is 18.2. The van der Waals surface area contributed by atoms with E-state index in [9.17, 15) is 4.79 Å². The fourth-order valence-electron chi connectivity index (χ4n) is 2.84. The highest BCUT2D eigenvalue weighted by Gasteiger charge is 2.10. The van der Waals surface area contributed by atoms with Crippen LogP contribution in [0.4, 0.5) is 0 Å². The first-order chi connectivity index (χ1) is 13.6. The molecule has 0 atom stereocenters. The second-order valence-corrected chi connectivity index (χ2v) is 7.34. The van der Waals surface area contributed by atoms with Gasteiger partial charge in [-0.3, -0.25) is 4.79 Å². The van der Waals surface area contributed by atoms with Crippen molar-refractivity contribution >= 4 is 23.4 Å². The average Bonchev–Trinajstić information content (AvgIpc) is 3.34. The van der Waals surface area contributed by atoms with Gasteiger partial charge in [-0.2, -0.15) is 4.98 Å². The molecule has 142 valence electrons. The van der Waals surface area contributed by atoms with Crippen LogP contribution in [0.2, 0.25) is 0 Å². The summed E-state index contributed by atoms with van der Waals surface area (Å²) in [7, 11) is 0. The van der Waals surface area contributed by atoms with Gasteiger partial charge in [0.1, 0.15) is 5.76 Å². The van der Waals surface area contributed by atoms with Crippen LogP contribution < -0.4 is 5.32 Å². The number of benzene rings is 1. The number of aromatic nitrogens is 4. The van der Waals surface area contributed by atoms with E-state index in [2.05, 4.69) is 20.4 Å². The van der Waals surface area contributed by atoms with Crippen LogP contribution in [-0.4, -0.2) is 25.5 Å². The smallest absolute Gasteiger partial charge is 0.253 e. The minimum absolute atomic E-state index is 0.135. The fraction of sp³-hybridized carbons (Fsp3) is 0.200. The molecule has 0 spiro atoms. The summed E-state index contributed by atoms with van der Waals surface area (Å²) in [6.45, 7) is 4.29. The Bertz CT molecular complexity index is 1120. The van der Waals surface area contributed by atoms with Crippen molar-refractivity contribution in [3.63, 3.8) is 0 Å². The third-order valence-corrected chi connectivity index (χ3v) is 5.07. The molecule has 0 radical (unpaired) electrons. The van der Waals surface area contributed by atoms with Crippen molar-refractivity contribution in [2.75, 3.05) is 0 Å². The summed E-state index contributed by atoms with van der Waals surface area (Å²) in [6.07, 6.45) is 1.59. The number of carbonyl (C=O) groups is 1. The van der Waals surface area contributed by atoms with Crippen LogP contribution in [0.3, 0.4) is 0 Å². The molecule has 8 heteroatoms. The molecule has 1 aromatic carbocycles. The van der Waals surface area contributed by atoms with Gasteiger partial charge in [0.2, 0.25) is 5.16 Å². The predicted molar refractivity (Wildman–Crippen MR) is 106 cm³/mol. The van der Waals surface area contributed by atoms with E-state index in [-0.39, 0.29) is 5.91 Å². The van der Waals surface area contributed by atoms with Gasteiger partial charge in [0, 0.05) is 22.7 Å². The quantitative estimate of drug-likeness (QED) is 0.504. The number of amides is 1. The first-order valence-electron chi connectivity index (χ1n) is 8.82. The van der Waals surface area contributed by atoms with Crippen molar-refractivity contribution in [1.29, 1.82) is 0 Å². The number of aryl methyl sites for hydroxylation is 2. The van der Waals surface area contributed by atoms with Gasteiger partial charge in [0.15, 0.2) is 0 Å². The molecule has 0 aliphatic heterocycles. The van der Waals surface area contributed by atoms with Crippen molar-refractivity contribution in [3.8, 4) is 0 Å². The molecule has 7 nitrogen and oxygen atoms in total. The Morgan fingerprint density at radius 3 is 2.89 bits per heavy atom. The third-order valence-electron chi connectivity index (χ3n) is 4.16. The lowest BCUT2D eigenvalue weighted by atomic mass is 10.1. The van der Waals surface area contributed by atoms with Gasteiger partial charge in [-0.15, -0.1) is 5.10 Å². The minimum Gasteiger partial charge on any atom is -0.467 e. The highest BCUT2D eigenvalue weighted by Crippen LogP contribution is 2.21.